The van der Waals surface area contributed by atoms with E-state index < -0.39 is 35.8 Å². The Morgan fingerprint density at radius 1 is 1.27 bits per heavy atom. The summed E-state index contributed by atoms with van der Waals surface area (Å²) in [5.74, 6) is -4.38. The molecule has 4 atom stereocenters. The lowest BCUT2D eigenvalue weighted by Gasteiger charge is -2.20. The first-order valence-electron chi connectivity index (χ1n) is 6.99. The molecule has 1 rings (SSSR count). The third-order valence-electron chi connectivity index (χ3n) is 3.91. The number of hydrogen-bond donors (Lipinski definition) is 4. The molecule has 4 N–H and O–H groups in total. The van der Waals surface area contributed by atoms with E-state index in [9.17, 15) is 14.4 Å². The standard InChI is InChI=1S/C15H21NO6/c1-8(4-3-5-9(2)14(19)20)11-7-16-13(15(21)22)10(11)6-12(17)18/h3-5,9-11,13,16H,6-7H2,1-2H3,(H,17,18)(H,19,20)(H,21,22)/t9-,10-,11+,13-/m0/s1. The Labute approximate surface area is 128 Å². The van der Waals surface area contributed by atoms with E-state index in [1.54, 1.807) is 26.0 Å². The monoisotopic (exact) mass is 311 g/mol. The molecule has 1 saturated heterocycles. The molecule has 0 aromatic heterocycles. The molecule has 7 nitrogen and oxygen atoms in total. The molecular formula is C15H21NO6. The summed E-state index contributed by atoms with van der Waals surface area (Å²) in [5, 5.41) is 29.7. The van der Waals surface area contributed by atoms with Gasteiger partial charge in [-0.3, -0.25) is 14.4 Å². The molecule has 0 bridgehead atoms. The lowest BCUT2D eigenvalue weighted by molar-refractivity contribution is -0.142. The summed E-state index contributed by atoms with van der Waals surface area (Å²) in [6.45, 7) is 3.73. The molecule has 0 spiro atoms. The van der Waals surface area contributed by atoms with Gasteiger partial charge in [-0.1, -0.05) is 23.8 Å². The summed E-state index contributed by atoms with van der Waals surface area (Å²) in [7, 11) is 0. The minimum atomic E-state index is -1.06. The van der Waals surface area contributed by atoms with Crippen molar-refractivity contribution in [3.8, 4) is 0 Å². The largest absolute Gasteiger partial charge is 0.481 e. The highest BCUT2D eigenvalue weighted by molar-refractivity contribution is 5.76. The van der Waals surface area contributed by atoms with Gasteiger partial charge in [0.15, 0.2) is 0 Å². The number of nitrogens with one attached hydrogen (secondary N) is 1. The van der Waals surface area contributed by atoms with Gasteiger partial charge in [0.1, 0.15) is 6.04 Å². The number of hydrogen-bond acceptors (Lipinski definition) is 4. The van der Waals surface area contributed by atoms with Gasteiger partial charge in [0.05, 0.1) is 12.3 Å². The number of carboxylic acid groups (broad SMARTS) is 3. The first kappa shape index (κ1) is 17.9. The molecule has 0 radical (unpaired) electrons. The van der Waals surface area contributed by atoms with E-state index in [-0.39, 0.29) is 12.3 Å². The van der Waals surface area contributed by atoms with Crippen LogP contribution in [-0.4, -0.2) is 45.8 Å². The smallest absolute Gasteiger partial charge is 0.321 e. The van der Waals surface area contributed by atoms with Crippen LogP contribution in [0.25, 0.3) is 0 Å². The summed E-state index contributed by atoms with van der Waals surface area (Å²) in [6, 6.07) is -0.883. The fraction of sp³-hybridized carbons (Fsp3) is 0.533. The molecule has 22 heavy (non-hydrogen) atoms. The van der Waals surface area contributed by atoms with Crippen LogP contribution < -0.4 is 5.32 Å². The van der Waals surface area contributed by atoms with Gasteiger partial charge in [-0.05, 0) is 19.8 Å². The molecule has 0 saturated carbocycles. The second kappa shape index (κ2) is 7.74. The van der Waals surface area contributed by atoms with E-state index >= 15 is 0 Å². The fourth-order valence-corrected chi connectivity index (χ4v) is 2.60. The molecule has 1 fully saturated rings. The van der Waals surface area contributed by atoms with Crippen molar-refractivity contribution in [2.45, 2.75) is 26.3 Å². The molecule has 7 heteroatoms. The summed E-state index contributed by atoms with van der Waals surface area (Å²) in [6.07, 6.45) is 4.62. The second-order valence-electron chi connectivity index (χ2n) is 5.51. The predicted molar refractivity (Wildman–Crippen MR) is 78.4 cm³/mol. The van der Waals surface area contributed by atoms with E-state index in [1.165, 1.54) is 6.08 Å². The van der Waals surface area contributed by atoms with Crippen LogP contribution in [0.15, 0.2) is 23.8 Å². The van der Waals surface area contributed by atoms with Crippen molar-refractivity contribution in [2.75, 3.05) is 6.54 Å². The number of aliphatic carboxylic acids is 3. The molecule has 0 unspecified atom stereocenters. The minimum Gasteiger partial charge on any atom is -0.481 e. The van der Waals surface area contributed by atoms with Crippen LogP contribution in [0.1, 0.15) is 20.3 Å². The zero-order valence-electron chi connectivity index (χ0n) is 12.5. The normalized spacial score (nSPS) is 27.0. The van der Waals surface area contributed by atoms with Crippen molar-refractivity contribution >= 4 is 17.9 Å². The number of allylic oxidation sites excluding steroid dienone is 2. The Kier molecular flexibility index (Phi) is 6.30. The van der Waals surface area contributed by atoms with Crippen molar-refractivity contribution < 1.29 is 29.7 Å². The molecule has 0 aliphatic carbocycles. The summed E-state index contributed by atoms with van der Waals surface area (Å²) < 4.78 is 0. The molecule has 1 heterocycles. The van der Waals surface area contributed by atoms with Crippen molar-refractivity contribution in [3.05, 3.63) is 23.8 Å². The van der Waals surface area contributed by atoms with Crippen molar-refractivity contribution in [2.24, 2.45) is 17.8 Å². The first-order chi connectivity index (χ1) is 10.2. The van der Waals surface area contributed by atoms with Gasteiger partial charge in [-0.15, -0.1) is 0 Å². The van der Waals surface area contributed by atoms with E-state index in [0.29, 0.717) is 6.54 Å². The maximum atomic E-state index is 11.2. The molecular weight excluding hydrogens is 290 g/mol. The minimum absolute atomic E-state index is 0.206. The van der Waals surface area contributed by atoms with E-state index in [1.807, 2.05) is 0 Å². The van der Waals surface area contributed by atoms with Crippen LogP contribution in [0.4, 0.5) is 0 Å². The van der Waals surface area contributed by atoms with Crippen LogP contribution in [0, 0.1) is 17.8 Å². The molecule has 1 aliphatic heterocycles. The zero-order chi connectivity index (χ0) is 16.9. The SMILES string of the molecule is CC(=CC=C[C@H](C)C(=O)O)[C@H]1CN[C@H](C(=O)O)[C@H]1CC(=O)O. The van der Waals surface area contributed by atoms with Gasteiger partial charge in [0.25, 0.3) is 0 Å². The van der Waals surface area contributed by atoms with Crippen LogP contribution in [-0.2, 0) is 14.4 Å². The summed E-state index contributed by atoms with van der Waals surface area (Å²) >= 11 is 0. The maximum Gasteiger partial charge on any atom is 0.321 e. The van der Waals surface area contributed by atoms with Gasteiger partial charge < -0.3 is 20.6 Å². The van der Waals surface area contributed by atoms with Gasteiger partial charge in [-0.2, -0.15) is 0 Å². The lowest BCUT2D eigenvalue weighted by Crippen LogP contribution is -2.36. The molecule has 0 aromatic rings. The number of carbonyl (C=O) groups is 3. The maximum absolute atomic E-state index is 11.2. The molecule has 1 aliphatic rings. The number of rotatable bonds is 7. The van der Waals surface area contributed by atoms with Crippen LogP contribution in [0.2, 0.25) is 0 Å². The summed E-state index contributed by atoms with van der Waals surface area (Å²) in [5.41, 5.74) is 0.830. The van der Waals surface area contributed by atoms with Crippen LogP contribution >= 0.6 is 0 Å². The Morgan fingerprint density at radius 2 is 1.91 bits per heavy atom. The quantitative estimate of drug-likeness (QED) is 0.516. The van der Waals surface area contributed by atoms with E-state index in [2.05, 4.69) is 5.32 Å². The zero-order valence-corrected chi connectivity index (χ0v) is 12.5. The second-order valence-corrected chi connectivity index (χ2v) is 5.51. The van der Waals surface area contributed by atoms with Gasteiger partial charge in [0.2, 0.25) is 0 Å². The topological polar surface area (TPSA) is 124 Å². The average molecular weight is 311 g/mol. The Bertz CT molecular complexity index is 510. The summed E-state index contributed by atoms with van der Waals surface area (Å²) in [4.78, 5) is 32.8. The highest BCUT2D eigenvalue weighted by Gasteiger charge is 2.41. The van der Waals surface area contributed by atoms with Crippen LogP contribution in [0.5, 0.6) is 0 Å². The fourth-order valence-electron chi connectivity index (χ4n) is 2.60. The predicted octanol–water partition coefficient (Wildman–Crippen LogP) is 0.973. The Hall–Kier alpha value is -2.15. The number of carboxylic acids is 3. The first-order valence-corrected chi connectivity index (χ1v) is 6.99. The van der Waals surface area contributed by atoms with Gasteiger partial charge in [-0.25, -0.2) is 0 Å². The third-order valence-corrected chi connectivity index (χ3v) is 3.91. The van der Waals surface area contributed by atoms with Crippen molar-refractivity contribution in [1.29, 1.82) is 0 Å². The third kappa shape index (κ3) is 4.70. The molecule has 122 valence electrons. The lowest BCUT2D eigenvalue weighted by atomic mass is 9.83. The van der Waals surface area contributed by atoms with Gasteiger partial charge >= 0.3 is 17.9 Å². The Morgan fingerprint density at radius 3 is 2.41 bits per heavy atom. The molecule has 0 amide bonds. The highest BCUT2D eigenvalue weighted by atomic mass is 16.4. The van der Waals surface area contributed by atoms with Crippen molar-refractivity contribution in [1.82, 2.24) is 5.32 Å². The molecule has 0 aromatic carbocycles. The Balaban J connectivity index is 2.85. The van der Waals surface area contributed by atoms with E-state index in [4.69, 9.17) is 15.3 Å². The van der Waals surface area contributed by atoms with Crippen LogP contribution in [0.3, 0.4) is 0 Å². The van der Waals surface area contributed by atoms with E-state index in [0.717, 1.165) is 5.57 Å². The van der Waals surface area contributed by atoms with Gasteiger partial charge in [0, 0.05) is 12.5 Å². The average Bonchev–Trinajstić information content (AvgIpc) is 2.81. The van der Waals surface area contributed by atoms with Crippen molar-refractivity contribution in [3.63, 3.8) is 0 Å². The highest BCUT2D eigenvalue weighted by Crippen LogP contribution is 2.31.